The summed E-state index contributed by atoms with van der Waals surface area (Å²) < 4.78 is 0. The maximum absolute atomic E-state index is 6.23. The molecule has 0 amide bonds. The highest BCUT2D eigenvalue weighted by Crippen LogP contribution is 2.61. The van der Waals surface area contributed by atoms with Crippen LogP contribution < -0.4 is 0 Å². The molecule has 0 bridgehead atoms. The van der Waals surface area contributed by atoms with E-state index in [1.807, 2.05) is 0 Å². The minimum atomic E-state index is 0.421. The van der Waals surface area contributed by atoms with Crippen molar-refractivity contribution in [3.05, 3.63) is 35.4 Å². The van der Waals surface area contributed by atoms with Gasteiger partial charge in [-0.05, 0) is 55.4 Å². The van der Waals surface area contributed by atoms with Crippen molar-refractivity contribution in [2.45, 2.75) is 32.6 Å². The van der Waals surface area contributed by atoms with E-state index in [9.17, 15) is 0 Å². The molecule has 16 heavy (non-hydrogen) atoms. The fraction of sp³-hybridized carbons (Fsp3) is 0.600. The molecule has 2 fully saturated rings. The van der Waals surface area contributed by atoms with E-state index in [0.29, 0.717) is 5.41 Å². The summed E-state index contributed by atoms with van der Waals surface area (Å²) in [5, 5.41) is 0. The van der Waals surface area contributed by atoms with Crippen LogP contribution in [0.2, 0.25) is 0 Å². The molecule has 0 saturated heterocycles. The molecule has 2 saturated carbocycles. The van der Waals surface area contributed by atoms with Gasteiger partial charge in [-0.2, -0.15) is 0 Å². The number of alkyl halides is 1. The highest BCUT2D eigenvalue weighted by atomic mass is 35.5. The van der Waals surface area contributed by atoms with Crippen LogP contribution in [0.3, 0.4) is 0 Å². The Morgan fingerprint density at radius 2 is 1.81 bits per heavy atom. The largest absolute Gasteiger partial charge is 0.126 e. The lowest BCUT2D eigenvalue weighted by Gasteiger charge is -2.28. The van der Waals surface area contributed by atoms with Crippen LogP contribution in [0.4, 0.5) is 0 Å². The smallest absolute Gasteiger partial charge is 0.0283 e. The number of fused-ring (bicyclic) bond motifs is 1. The van der Waals surface area contributed by atoms with E-state index in [1.54, 1.807) is 0 Å². The van der Waals surface area contributed by atoms with Crippen LogP contribution in [0.1, 0.15) is 30.4 Å². The van der Waals surface area contributed by atoms with Gasteiger partial charge in [0.2, 0.25) is 0 Å². The van der Waals surface area contributed by atoms with Crippen molar-refractivity contribution in [1.29, 1.82) is 0 Å². The second kappa shape index (κ2) is 3.77. The first-order valence-corrected chi connectivity index (χ1v) is 6.86. The van der Waals surface area contributed by atoms with Gasteiger partial charge in [-0.1, -0.05) is 29.8 Å². The molecule has 0 nitrogen and oxygen atoms in total. The lowest BCUT2D eigenvalue weighted by Crippen LogP contribution is -2.23. The maximum atomic E-state index is 6.23. The zero-order chi connectivity index (χ0) is 11.2. The van der Waals surface area contributed by atoms with E-state index in [2.05, 4.69) is 31.2 Å². The van der Waals surface area contributed by atoms with E-state index in [0.717, 1.165) is 17.7 Å². The normalized spacial score (nSPS) is 36.1. The molecule has 0 N–H and O–H groups in total. The molecule has 1 aromatic carbocycles. The Hall–Kier alpha value is -0.490. The molecular formula is C15H19Cl. The fourth-order valence-corrected chi connectivity index (χ4v) is 3.76. The lowest BCUT2D eigenvalue weighted by atomic mass is 9.79. The molecule has 86 valence electrons. The van der Waals surface area contributed by atoms with Crippen LogP contribution in [0.5, 0.6) is 0 Å². The molecule has 3 rings (SSSR count). The molecule has 2 aliphatic rings. The van der Waals surface area contributed by atoms with Crippen LogP contribution in [0.15, 0.2) is 24.3 Å². The minimum absolute atomic E-state index is 0.421. The number of rotatable bonds is 3. The Morgan fingerprint density at radius 3 is 2.38 bits per heavy atom. The summed E-state index contributed by atoms with van der Waals surface area (Å²) in [6.07, 6.45) is 5.40. The van der Waals surface area contributed by atoms with Crippen molar-refractivity contribution in [3.63, 3.8) is 0 Å². The van der Waals surface area contributed by atoms with E-state index in [-0.39, 0.29) is 0 Å². The second-order valence-corrected chi connectivity index (χ2v) is 6.23. The van der Waals surface area contributed by atoms with Gasteiger partial charge in [0.05, 0.1) is 0 Å². The molecule has 1 heteroatoms. The molecule has 2 unspecified atom stereocenters. The Balaban J connectivity index is 1.75. The molecular weight excluding hydrogens is 216 g/mol. The Bertz CT molecular complexity index is 369. The minimum Gasteiger partial charge on any atom is -0.126 e. The molecule has 2 aliphatic carbocycles. The predicted molar refractivity (Wildman–Crippen MR) is 68.9 cm³/mol. The molecule has 0 aromatic heterocycles. The summed E-state index contributed by atoms with van der Waals surface area (Å²) in [5.41, 5.74) is 3.23. The van der Waals surface area contributed by atoms with Gasteiger partial charge in [0.1, 0.15) is 0 Å². The zero-order valence-corrected chi connectivity index (χ0v) is 10.6. The molecule has 0 heterocycles. The first kappa shape index (κ1) is 10.7. The molecule has 2 atom stereocenters. The monoisotopic (exact) mass is 234 g/mol. The van der Waals surface area contributed by atoms with Crippen LogP contribution in [0.25, 0.3) is 0 Å². The topological polar surface area (TPSA) is 0 Å². The molecule has 1 aromatic rings. The average molecular weight is 235 g/mol. The first-order valence-electron chi connectivity index (χ1n) is 6.32. The highest BCUT2D eigenvalue weighted by Gasteiger charge is 2.53. The standard InChI is InChI=1S/C15H19Cl/c1-11-2-4-12(5-3-11)7-15(10-16)8-13-6-14(13)9-15/h2-5,13-14H,6-10H2,1H3. The Labute approximate surface area is 103 Å². The zero-order valence-electron chi connectivity index (χ0n) is 9.88. The van der Waals surface area contributed by atoms with Gasteiger partial charge in [0, 0.05) is 5.88 Å². The summed E-state index contributed by atoms with van der Waals surface area (Å²) in [6.45, 7) is 2.14. The van der Waals surface area contributed by atoms with Crippen molar-refractivity contribution in [2.75, 3.05) is 5.88 Å². The van der Waals surface area contributed by atoms with E-state index in [4.69, 9.17) is 11.6 Å². The number of hydrogen-bond donors (Lipinski definition) is 0. The van der Waals surface area contributed by atoms with Gasteiger partial charge >= 0.3 is 0 Å². The van der Waals surface area contributed by atoms with Crippen LogP contribution in [0, 0.1) is 24.2 Å². The number of halogens is 1. The van der Waals surface area contributed by atoms with Crippen LogP contribution in [-0.4, -0.2) is 5.88 Å². The van der Waals surface area contributed by atoms with Crippen molar-refractivity contribution in [3.8, 4) is 0 Å². The number of hydrogen-bond acceptors (Lipinski definition) is 0. The van der Waals surface area contributed by atoms with Crippen LogP contribution >= 0.6 is 11.6 Å². The van der Waals surface area contributed by atoms with Crippen LogP contribution in [-0.2, 0) is 6.42 Å². The molecule has 0 radical (unpaired) electrons. The summed E-state index contributed by atoms with van der Waals surface area (Å²) in [7, 11) is 0. The maximum Gasteiger partial charge on any atom is 0.0283 e. The van der Waals surface area contributed by atoms with Gasteiger partial charge in [-0.25, -0.2) is 0 Å². The second-order valence-electron chi connectivity index (χ2n) is 5.96. The molecule has 0 spiro atoms. The van der Waals surface area contributed by atoms with Crippen molar-refractivity contribution < 1.29 is 0 Å². The fourth-order valence-electron chi connectivity index (χ4n) is 3.45. The summed E-state index contributed by atoms with van der Waals surface area (Å²) in [6, 6.07) is 8.97. The summed E-state index contributed by atoms with van der Waals surface area (Å²) >= 11 is 6.23. The molecule has 0 aliphatic heterocycles. The van der Waals surface area contributed by atoms with Gasteiger partial charge in [-0.3, -0.25) is 0 Å². The number of aryl methyl sites for hydroxylation is 1. The predicted octanol–water partition coefficient (Wildman–Crippen LogP) is 4.19. The van der Waals surface area contributed by atoms with Gasteiger partial charge in [0.15, 0.2) is 0 Å². The highest BCUT2D eigenvalue weighted by molar-refractivity contribution is 6.18. The Kier molecular flexibility index (Phi) is 2.51. The third-order valence-electron chi connectivity index (χ3n) is 4.44. The average Bonchev–Trinajstić information content (AvgIpc) is 2.91. The van der Waals surface area contributed by atoms with E-state index < -0.39 is 0 Å². The number of benzene rings is 1. The SMILES string of the molecule is Cc1ccc(CC2(CCl)CC3CC3C2)cc1. The Morgan fingerprint density at radius 1 is 1.19 bits per heavy atom. The third kappa shape index (κ3) is 1.88. The van der Waals surface area contributed by atoms with Gasteiger partial charge < -0.3 is 0 Å². The van der Waals surface area contributed by atoms with Crippen molar-refractivity contribution in [2.24, 2.45) is 17.3 Å². The van der Waals surface area contributed by atoms with Crippen molar-refractivity contribution in [1.82, 2.24) is 0 Å². The first-order chi connectivity index (χ1) is 7.71. The van der Waals surface area contributed by atoms with Gasteiger partial charge in [-0.15, -0.1) is 11.6 Å². The van der Waals surface area contributed by atoms with E-state index >= 15 is 0 Å². The van der Waals surface area contributed by atoms with Gasteiger partial charge in [0.25, 0.3) is 0 Å². The summed E-state index contributed by atoms with van der Waals surface area (Å²) in [4.78, 5) is 0. The van der Waals surface area contributed by atoms with E-state index in [1.165, 1.54) is 36.8 Å². The summed E-state index contributed by atoms with van der Waals surface area (Å²) in [5.74, 6) is 2.88. The van der Waals surface area contributed by atoms with Crippen molar-refractivity contribution >= 4 is 11.6 Å². The third-order valence-corrected chi connectivity index (χ3v) is 5.01. The lowest BCUT2D eigenvalue weighted by molar-refractivity contribution is 0.303. The quantitative estimate of drug-likeness (QED) is 0.688.